The van der Waals surface area contributed by atoms with Crippen LogP contribution in [-0.2, 0) is 9.59 Å². The second-order valence-electron chi connectivity index (χ2n) is 6.56. The van der Waals surface area contributed by atoms with Gasteiger partial charge in [-0.05, 0) is 44.6 Å². The van der Waals surface area contributed by atoms with E-state index in [0.717, 1.165) is 25.8 Å². The number of likely N-dealkylation sites (tertiary alicyclic amines) is 1. The fourth-order valence-corrected chi connectivity index (χ4v) is 3.61. The lowest BCUT2D eigenvalue weighted by Crippen LogP contribution is -2.49. The summed E-state index contributed by atoms with van der Waals surface area (Å²) in [7, 11) is 0. The minimum atomic E-state index is 0.0385. The zero-order valence-corrected chi connectivity index (χ0v) is 13.4. The van der Waals surface area contributed by atoms with Crippen molar-refractivity contribution in [1.82, 2.24) is 10.2 Å². The molecule has 1 heterocycles. The van der Waals surface area contributed by atoms with Crippen LogP contribution in [0.2, 0.25) is 0 Å². The molecule has 1 aliphatic carbocycles. The molecule has 1 N–H and O–H groups in total. The van der Waals surface area contributed by atoms with Gasteiger partial charge >= 0.3 is 0 Å². The van der Waals surface area contributed by atoms with E-state index in [1.165, 1.54) is 32.1 Å². The summed E-state index contributed by atoms with van der Waals surface area (Å²) in [4.78, 5) is 25.9. The van der Waals surface area contributed by atoms with Crippen molar-refractivity contribution in [1.29, 1.82) is 0 Å². The summed E-state index contributed by atoms with van der Waals surface area (Å²) in [5.74, 6) is 0.697. The molecule has 2 aliphatic rings. The van der Waals surface area contributed by atoms with Gasteiger partial charge in [0.05, 0.1) is 0 Å². The Balaban J connectivity index is 2.01. The number of imide groups is 1. The third-order valence-corrected chi connectivity index (χ3v) is 4.89. The fourth-order valence-electron chi connectivity index (χ4n) is 3.61. The molecule has 2 rings (SSSR count). The number of nitrogens with zero attached hydrogens (tertiary/aromatic N) is 1. The molecular weight excluding hydrogens is 264 g/mol. The van der Waals surface area contributed by atoms with E-state index in [-0.39, 0.29) is 17.9 Å². The Kier molecular flexibility index (Phi) is 6.68. The zero-order chi connectivity index (χ0) is 15.1. The van der Waals surface area contributed by atoms with Gasteiger partial charge in [-0.3, -0.25) is 14.5 Å². The highest BCUT2D eigenvalue weighted by Gasteiger charge is 2.30. The number of rotatable bonds is 6. The standard InChI is InChI=1S/C17H30N2O2/c1-2-12-18-15(14-8-4-3-5-9-14)13-19-16(20)10-6-7-11-17(19)21/h14-15,18H,2-13H2,1H3. The molecule has 1 saturated carbocycles. The summed E-state index contributed by atoms with van der Waals surface area (Å²) >= 11 is 0. The number of carbonyl (C=O) groups is 2. The molecule has 2 fully saturated rings. The molecule has 1 atom stereocenters. The first kappa shape index (κ1) is 16.5. The first-order valence-corrected chi connectivity index (χ1v) is 8.79. The van der Waals surface area contributed by atoms with E-state index in [1.807, 2.05) is 0 Å². The van der Waals surface area contributed by atoms with Crippen LogP contribution < -0.4 is 5.32 Å². The van der Waals surface area contributed by atoms with E-state index in [4.69, 9.17) is 0 Å². The van der Waals surface area contributed by atoms with Gasteiger partial charge < -0.3 is 5.32 Å². The molecule has 4 heteroatoms. The molecule has 0 aromatic rings. The van der Waals surface area contributed by atoms with E-state index in [0.29, 0.717) is 25.3 Å². The van der Waals surface area contributed by atoms with Crippen molar-refractivity contribution in [3.05, 3.63) is 0 Å². The van der Waals surface area contributed by atoms with Crippen LogP contribution >= 0.6 is 0 Å². The molecule has 0 bridgehead atoms. The van der Waals surface area contributed by atoms with Crippen molar-refractivity contribution in [2.45, 2.75) is 77.2 Å². The van der Waals surface area contributed by atoms with Crippen LogP contribution in [0.25, 0.3) is 0 Å². The van der Waals surface area contributed by atoms with Crippen LogP contribution in [0.4, 0.5) is 0 Å². The van der Waals surface area contributed by atoms with Crippen molar-refractivity contribution >= 4 is 11.8 Å². The van der Waals surface area contributed by atoms with Gasteiger partial charge in [-0.1, -0.05) is 26.2 Å². The maximum absolute atomic E-state index is 12.2. The van der Waals surface area contributed by atoms with Crippen LogP contribution in [0.3, 0.4) is 0 Å². The Bertz CT molecular complexity index is 333. The molecule has 0 aromatic carbocycles. The smallest absolute Gasteiger partial charge is 0.229 e. The predicted octanol–water partition coefficient (Wildman–Crippen LogP) is 2.86. The van der Waals surface area contributed by atoms with E-state index >= 15 is 0 Å². The third kappa shape index (κ3) is 4.80. The van der Waals surface area contributed by atoms with Gasteiger partial charge in [0.15, 0.2) is 0 Å². The highest BCUT2D eigenvalue weighted by atomic mass is 16.2. The van der Waals surface area contributed by atoms with Crippen LogP contribution in [0.15, 0.2) is 0 Å². The van der Waals surface area contributed by atoms with Crippen LogP contribution in [-0.4, -0.2) is 35.8 Å². The van der Waals surface area contributed by atoms with Gasteiger partial charge in [0.25, 0.3) is 0 Å². The van der Waals surface area contributed by atoms with Gasteiger partial charge in [0.1, 0.15) is 0 Å². The maximum atomic E-state index is 12.2. The highest BCUT2D eigenvalue weighted by molar-refractivity contribution is 5.96. The molecule has 2 amide bonds. The lowest BCUT2D eigenvalue weighted by atomic mass is 9.83. The van der Waals surface area contributed by atoms with Crippen molar-refractivity contribution in [2.24, 2.45) is 5.92 Å². The minimum Gasteiger partial charge on any atom is -0.312 e. The van der Waals surface area contributed by atoms with E-state index in [9.17, 15) is 9.59 Å². The molecule has 4 nitrogen and oxygen atoms in total. The first-order chi connectivity index (χ1) is 10.2. The number of hydrogen-bond acceptors (Lipinski definition) is 3. The van der Waals surface area contributed by atoms with Crippen LogP contribution in [0.1, 0.15) is 71.1 Å². The zero-order valence-electron chi connectivity index (χ0n) is 13.4. The molecule has 0 spiro atoms. The SMILES string of the molecule is CCCNC(CN1C(=O)CCCCC1=O)C1CCCCC1. The Morgan fingerprint density at radius 2 is 1.67 bits per heavy atom. The summed E-state index contributed by atoms with van der Waals surface area (Å²) in [6.45, 7) is 3.72. The molecule has 1 unspecified atom stereocenters. The molecule has 1 saturated heterocycles. The summed E-state index contributed by atoms with van der Waals surface area (Å²) in [6, 6.07) is 0.288. The van der Waals surface area contributed by atoms with Crippen LogP contribution in [0.5, 0.6) is 0 Å². The summed E-state index contributed by atoms with van der Waals surface area (Å²) < 4.78 is 0. The van der Waals surface area contributed by atoms with Crippen molar-refractivity contribution in [3.63, 3.8) is 0 Å². The predicted molar refractivity (Wildman–Crippen MR) is 83.8 cm³/mol. The lowest BCUT2D eigenvalue weighted by molar-refractivity contribution is -0.144. The Morgan fingerprint density at radius 1 is 1.05 bits per heavy atom. The van der Waals surface area contributed by atoms with Gasteiger partial charge in [0.2, 0.25) is 11.8 Å². The lowest BCUT2D eigenvalue weighted by Gasteiger charge is -2.34. The first-order valence-electron chi connectivity index (χ1n) is 8.79. The Labute approximate surface area is 128 Å². The van der Waals surface area contributed by atoms with E-state index in [1.54, 1.807) is 4.90 Å². The molecule has 21 heavy (non-hydrogen) atoms. The quantitative estimate of drug-likeness (QED) is 0.766. The third-order valence-electron chi connectivity index (χ3n) is 4.89. The second-order valence-corrected chi connectivity index (χ2v) is 6.56. The van der Waals surface area contributed by atoms with Crippen molar-refractivity contribution < 1.29 is 9.59 Å². The molecule has 0 aromatic heterocycles. The normalized spacial score (nSPS) is 23.2. The van der Waals surface area contributed by atoms with Gasteiger partial charge in [-0.25, -0.2) is 0 Å². The molecule has 120 valence electrons. The number of carbonyl (C=O) groups excluding carboxylic acids is 2. The molecule has 0 radical (unpaired) electrons. The summed E-state index contributed by atoms with van der Waals surface area (Å²) in [6.07, 6.45) is 10.3. The molecule has 1 aliphatic heterocycles. The molecular formula is C17H30N2O2. The number of nitrogens with one attached hydrogen (secondary N) is 1. The van der Waals surface area contributed by atoms with Crippen LogP contribution in [0, 0.1) is 5.92 Å². The van der Waals surface area contributed by atoms with Gasteiger partial charge in [-0.15, -0.1) is 0 Å². The average Bonchev–Trinajstić information content (AvgIpc) is 2.66. The minimum absolute atomic E-state index is 0.0385. The largest absolute Gasteiger partial charge is 0.312 e. The topological polar surface area (TPSA) is 49.4 Å². The van der Waals surface area contributed by atoms with Gasteiger partial charge in [0, 0.05) is 25.4 Å². The fraction of sp³-hybridized carbons (Fsp3) is 0.882. The number of amides is 2. The van der Waals surface area contributed by atoms with E-state index in [2.05, 4.69) is 12.2 Å². The Morgan fingerprint density at radius 3 is 2.24 bits per heavy atom. The summed E-state index contributed by atoms with van der Waals surface area (Å²) in [5, 5.41) is 3.60. The Hall–Kier alpha value is -0.900. The van der Waals surface area contributed by atoms with E-state index < -0.39 is 0 Å². The second kappa shape index (κ2) is 8.52. The maximum Gasteiger partial charge on any atom is 0.229 e. The van der Waals surface area contributed by atoms with Gasteiger partial charge in [-0.2, -0.15) is 0 Å². The monoisotopic (exact) mass is 294 g/mol. The summed E-state index contributed by atoms with van der Waals surface area (Å²) in [5.41, 5.74) is 0. The number of hydrogen-bond donors (Lipinski definition) is 1. The average molecular weight is 294 g/mol. The van der Waals surface area contributed by atoms with Crippen molar-refractivity contribution in [3.8, 4) is 0 Å². The highest BCUT2D eigenvalue weighted by Crippen LogP contribution is 2.27. The van der Waals surface area contributed by atoms with Crippen molar-refractivity contribution in [2.75, 3.05) is 13.1 Å².